The molecule has 1 amide bonds. The SMILES string of the molecule is Cc1occc1C(=O)N1C[C@@H](n2cccn2)Cc2ccccc21. The second-order valence-electron chi connectivity index (χ2n) is 5.78. The van der Waals surface area contributed by atoms with E-state index in [4.69, 9.17) is 4.42 Å². The Bertz CT molecular complexity index is 836. The lowest BCUT2D eigenvalue weighted by Crippen LogP contribution is -2.41. The molecule has 0 aliphatic carbocycles. The van der Waals surface area contributed by atoms with Gasteiger partial charge in [-0.2, -0.15) is 5.10 Å². The van der Waals surface area contributed by atoms with Crippen LogP contribution < -0.4 is 4.90 Å². The van der Waals surface area contributed by atoms with Crippen molar-refractivity contribution in [2.24, 2.45) is 0 Å². The summed E-state index contributed by atoms with van der Waals surface area (Å²) in [5.41, 5.74) is 2.75. The van der Waals surface area contributed by atoms with E-state index in [1.54, 1.807) is 18.5 Å². The number of hydrogen-bond donors (Lipinski definition) is 0. The van der Waals surface area contributed by atoms with Gasteiger partial charge in [-0.25, -0.2) is 0 Å². The fourth-order valence-corrected chi connectivity index (χ4v) is 3.19. The molecule has 5 nitrogen and oxygen atoms in total. The van der Waals surface area contributed by atoms with Crippen LogP contribution >= 0.6 is 0 Å². The minimum Gasteiger partial charge on any atom is -0.469 e. The van der Waals surface area contributed by atoms with Gasteiger partial charge in [-0.3, -0.25) is 9.48 Å². The largest absolute Gasteiger partial charge is 0.469 e. The lowest BCUT2D eigenvalue weighted by Gasteiger charge is -2.34. The van der Waals surface area contributed by atoms with Crippen molar-refractivity contribution < 1.29 is 9.21 Å². The first-order chi connectivity index (χ1) is 11.2. The van der Waals surface area contributed by atoms with Crippen LogP contribution in [0.25, 0.3) is 0 Å². The summed E-state index contributed by atoms with van der Waals surface area (Å²) >= 11 is 0. The molecule has 0 spiro atoms. The molecule has 1 aromatic carbocycles. The summed E-state index contributed by atoms with van der Waals surface area (Å²) < 4.78 is 7.23. The normalized spacial score (nSPS) is 17.1. The number of furan rings is 1. The number of hydrogen-bond acceptors (Lipinski definition) is 3. The Kier molecular flexibility index (Phi) is 3.26. The van der Waals surface area contributed by atoms with Gasteiger partial charge in [0.1, 0.15) is 5.76 Å². The van der Waals surface area contributed by atoms with E-state index < -0.39 is 0 Å². The number of carbonyl (C=O) groups is 1. The van der Waals surface area contributed by atoms with Gasteiger partial charge in [0, 0.05) is 24.6 Å². The van der Waals surface area contributed by atoms with Gasteiger partial charge in [0.05, 0.1) is 17.9 Å². The highest BCUT2D eigenvalue weighted by Crippen LogP contribution is 2.33. The van der Waals surface area contributed by atoms with Gasteiger partial charge in [0.25, 0.3) is 5.91 Å². The topological polar surface area (TPSA) is 51.3 Å². The van der Waals surface area contributed by atoms with E-state index in [9.17, 15) is 4.79 Å². The molecule has 5 heteroatoms. The number of fused-ring (bicyclic) bond motifs is 1. The third-order valence-corrected chi connectivity index (χ3v) is 4.36. The van der Waals surface area contributed by atoms with Crippen molar-refractivity contribution in [3.63, 3.8) is 0 Å². The first-order valence-electron chi connectivity index (χ1n) is 7.67. The summed E-state index contributed by atoms with van der Waals surface area (Å²) in [5.74, 6) is 0.620. The maximum absolute atomic E-state index is 13.0. The predicted octanol–water partition coefficient (Wildman–Crippen LogP) is 3.23. The summed E-state index contributed by atoms with van der Waals surface area (Å²) in [6.07, 6.45) is 6.15. The summed E-state index contributed by atoms with van der Waals surface area (Å²) in [6.45, 7) is 2.41. The van der Waals surface area contributed by atoms with Crippen molar-refractivity contribution in [3.05, 3.63) is 71.9 Å². The number of nitrogens with zero attached hydrogens (tertiary/aromatic N) is 3. The first kappa shape index (κ1) is 13.8. The van der Waals surface area contributed by atoms with Crippen LogP contribution in [0.2, 0.25) is 0 Å². The highest BCUT2D eigenvalue weighted by molar-refractivity contribution is 6.07. The molecule has 0 radical (unpaired) electrons. The fraction of sp³-hybridized carbons (Fsp3) is 0.222. The number of amides is 1. The number of carbonyl (C=O) groups excluding carboxylic acids is 1. The second-order valence-corrected chi connectivity index (χ2v) is 5.78. The van der Waals surface area contributed by atoms with Gasteiger partial charge in [-0.1, -0.05) is 18.2 Å². The van der Waals surface area contributed by atoms with Crippen LogP contribution in [0.15, 0.2) is 59.5 Å². The van der Waals surface area contributed by atoms with E-state index in [1.807, 2.05) is 47.0 Å². The zero-order chi connectivity index (χ0) is 15.8. The lowest BCUT2D eigenvalue weighted by molar-refractivity contribution is 0.0978. The monoisotopic (exact) mass is 307 g/mol. The van der Waals surface area contributed by atoms with Crippen molar-refractivity contribution in [1.29, 1.82) is 0 Å². The van der Waals surface area contributed by atoms with E-state index in [-0.39, 0.29) is 11.9 Å². The van der Waals surface area contributed by atoms with Crippen molar-refractivity contribution >= 4 is 11.6 Å². The molecule has 4 rings (SSSR count). The molecule has 23 heavy (non-hydrogen) atoms. The Morgan fingerprint density at radius 1 is 1.26 bits per heavy atom. The minimum atomic E-state index is -0.0273. The molecule has 0 unspecified atom stereocenters. The molecule has 0 saturated heterocycles. The highest BCUT2D eigenvalue weighted by Gasteiger charge is 2.31. The Labute approximate surface area is 134 Å². The van der Waals surface area contributed by atoms with Crippen molar-refractivity contribution in [3.8, 4) is 0 Å². The van der Waals surface area contributed by atoms with Crippen LogP contribution in [-0.2, 0) is 6.42 Å². The van der Waals surface area contributed by atoms with Crippen LogP contribution in [0.4, 0.5) is 5.69 Å². The van der Waals surface area contributed by atoms with Gasteiger partial charge in [-0.15, -0.1) is 0 Å². The molecule has 0 saturated carbocycles. The Morgan fingerprint density at radius 2 is 2.13 bits per heavy atom. The average molecular weight is 307 g/mol. The maximum Gasteiger partial charge on any atom is 0.261 e. The number of benzene rings is 1. The van der Waals surface area contributed by atoms with E-state index in [1.165, 1.54) is 0 Å². The highest BCUT2D eigenvalue weighted by atomic mass is 16.3. The fourth-order valence-electron chi connectivity index (χ4n) is 3.19. The molecule has 116 valence electrons. The summed E-state index contributed by atoms with van der Waals surface area (Å²) in [5, 5.41) is 4.35. The molecule has 1 atom stereocenters. The molecule has 2 aromatic heterocycles. The smallest absolute Gasteiger partial charge is 0.261 e. The molecule has 0 N–H and O–H groups in total. The van der Waals surface area contributed by atoms with Crippen LogP contribution in [-0.4, -0.2) is 22.2 Å². The average Bonchev–Trinajstić information content (AvgIpc) is 3.24. The number of aryl methyl sites for hydroxylation is 1. The summed E-state index contributed by atoms with van der Waals surface area (Å²) in [4.78, 5) is 14.8. The molecule has 0 fully saturated rings. The lowest BCUT2D eigenvalue weighted by atomic mass is 9.97. The first-order valence-corrected chi connectivity index (χ1v) is 7.67. The second kappa shape index (κ2) is 5.43. The van der Waals surface area contributed by atoms with Gasteiger partial charge in [0.2, 0.25) is 0 Å². The summed E-state index contributed by atoms with van der Waals surface area (Å²) in [6, 6.07) is 11.8. The van der Waals surface area contributed by atoms with Crippen molar-refractivity contribution in [2.45, 2.75) is 19.4 Å². The number of para-hydroxylation sites is 1. The van der Waals surface area contributed by atoms with Crippen molar-refractivity contribution in [2.75, 3.05) is 11.4 Å². The Morgan fingerprint density at radius 3 is 2.87 bits per heavy atom. The van der Waals surface area contributed by atoms with Gasteiger partial charge >= 0.3 is 0 Å². The van der Waals surface area contributed by atoms with E-state index in [2.05, 4.69) is 11.2 Å². The molecular weight excluding hydrogens is 290 g/mol. The molecule has 1 aliphatic rings. The predicted molar refractivity (Wildman–Crippen MR) is 86.5 cm³/mol. The van der Waals surface area contributed by atoms with Crippen LogP contribution in [0.1, 0.15) is 27.7 Å². The van der Waals surface area contributed by atoms with Gasteiger partial charge in [0.15, 0.2) is 0 Å². The Hall–Kier alpha value is -2.82. The molecule has 3 aromatic rings. The van der Waals surface area contributed by atoms with E-state index in [0.29, 0.717) is 17.9 Å². The third kappa shape index (κ3) is 2.34. The zero-order valence-corrected chi connectivity index (χ0v) is 12.8. The number of rotatable bonds is 2. The van der Waals surface area contributed by atoms with Crippen LogP contribution in [0.5, 0.6) is 0 Å². The number of anilines is 1. The van der Waals surface area contributed by atoms with Crippen LogP contribution in [0.3, 0.4) is 0 Å². The summed E-state index contributed by atoms with van der Waals surface area (Å²) in [7, 11) is 0. The Balaban J connectivity index is 1.75. The van der Waals surface area contributed by atoms with Crippen LogP contribution in [0, 0.1) is 6.92 Å². The third-order valence-electron chi connectivity index (χ3n) is 4.36. The zero-order valence-electron chi connectivity index (χ0n) is 12.8. The van der Waals surface area contributed by atoms with Crippen molar-refractivity contribution in [1.82, 2.24) is 9.78 Å². The van der Waals surface area contributed by atoms with Gasteiger partial charge < -0.3 is 9.32 Å². The molecular formula is C18H17N3O2. The molecule has 3 heterocycles. The molecule has 1 aliphatic heterocycles. The van der Waals surface area contributed by atoms with E-state index >= 15 is 0 Å². The van der Waals surface area contributed by atoms with Gasteiger partial charge in [-0.05, 0) is 37.1 Å². The quantitative estimate of drug-likeness (QED) is 0.730. The maximum atomic E-state index is 13.0. The minimum absolute atomic E-state index is 0.0273. The number of aromatic nitrogens is 2. The standard InChI is InChI=1S/C18H17N3O2/c1-13-16(7-10-23-13)18(22)20-12-15(21-9-4-8-19-21)11-14-5-2-3-6-17(14)20/h2-10,15H,11-12H2,1H3/t15-/m0/s1. The van der Waals surface area contributed by atoms with E-state index in [0.717, 1.165) is 17.7 Å². The molecule has 0 bridgehead atoms.